The molecule has 124 valence electrons. The monoisotopic (exact) mass is 315 g/mol. The van der Waals surface area contributed by atoms with Crippen LogP contribution in [0.2, 0.25) is 0 Å². The van der Waals surface area contributed by atoms with Gasteiger partial charge < -0.3 is 10.2 Å². The first-order valence-electron chi connectivity index (χ1n) is 7.51. The summed E-state index contributed by atoms with van der Waals surface area (Å²) in [6.07, 6.45) is 3.41. The zero-order valence-electron chi connectivity index (χ0n) is 13.9. The Hall–Kier alpha value is -2.40. The van der Waals surface area contributed by atoms with Crippen molar-refractivity contribution in [1.29, 1.82) is 0 Å². The lowest BCUT2D eigenvalue weighted by molar-refractivity contribution is -0.131. The second kappa shape index (κ2) is 9.58. The number of benzene rings is 1. The molecule has 5 heteroatoms. The number of hydrogen-bond donors (Lipinski definition) is 1. The molecule has 1 aromatic rings. The van der Waals surface area contributed by atoms with Crippen LogP contribution in [0.4, 0.5) is 0 Å². The first-order valence-corrected chi connectivity index (χ1v) is 7.51. The zero-order valence-corrected chi connectivity index (χ0v) is 13.9. The lowest BCUT2D eigenvalue weighted by atomic mass is 10.1. The summed E-state index contributed by atoms with van der Waals surface area (Å²) in [5.74, 6) is -0.0705. The van der Waals surface area contributed by atoms with Crippen LogP contribution in [0, 0.1) is 0 Å². The van der Waals surface area contributed by atoms with Gasteiger partial charge in [0.15, 0.2) is 0 Å². The third-order valence-corrected chi connectivity index (χ3v) is 3.35. The van der Waals surface area contributed by atoms with Crippen molar-refractivity contribution in [3.63, 3.8) is 0 Å². The molecule has 0 saturated carbocycles. The van der Waals surface area contributed by atoms with Crippen LogP contribution >= 0.6 is 0 Å². The van der Waals surface area contributed by atoms with E-state index in [1.807, 2.05) is 24.1 Å². The largest absolute Gasteiger partial charge is 0.355 e. The van der Waals surface area contributed by atoms with Gasteiger partial charge in [-0.15, -0.1) is 13.2 Å². The molecule has 0 spiro atoms. The van der Waals surface area contributed by atoms with E-state index in [9.17, 15) is 9.59 Å². The molecule has 5 nitrogen and oxygen atoms in total. The minimum Gasteiger partial charge on any atom is -0.355 e. The summed E-state index contributed by atoms with van der Waals surface area (Å²) in [5, 5.41) is 2.59. The van der Waals surface area contributed by atoms with Crippen LogP contribution in [0.3, 0.4) is 0 Å². The minimum atomic E-state index is -0.107. The number of likely N-dealkylation sites (N-methyl/N-ethyl adjacent to an activating group) is 1. The maximum Gasteiger partial charge on any atom is 0.251 e. The van der Waals surface area contributed by atoms with Gasteiger partial charge in [-0.2, -0.15) is 0 Å². The van der Waals surface area contributed by atoms with Gasteiger partial charge in [0.05, 0.1) is 6.54 Å². The van der Waals surface area contributed by atoms with Crippen LogP contribution in [0.5, 0.6) is 0 Å². The predicted octanol–water partition coefficient (Wildman–Crippen LogP) is 1.68. The number of carbonyl (C=O) groups is 2. The lowest BCUT2D eigenvalue weighted by Gasteiger charge is -2.23. The average Bonchev–Trinajstić information content (AvgIpc) is 2.54. The van der Waals surface area contributed by atoms with Crippen LogP contribution in [0.15, 0.2) is 49.6 Å². The first kappa shape index (κ1) is 18.6. The van der Waals surface area contributed by atoms with Gasteiger partial charge in [0, 0.05) is 32.2 Å². The normalized spacial score (nSPS) is 10.2. The van der Waals surface area contributed by atoms with Gasteiger partial charge in [-0.05, 0) is 24.7 Å². The quantitative estimate of drug-likeness (QED) is 0.706. The molecular weight excluding hydrogens is 290 g/mol. The molecule has 0 aromatic heterocycles. The lowest BCUT2D eigenvalue weighted by Crippen LogP contribution is -2.39. The summed E-state index contributed by atoms with van der Waals surface area (Å²) in [6, 6.07) is 7.37. The fraction of sp³-hybridized carbons (Fsp3) is 0.333. The van der Waals surface area contributed by atoms with E-state index in [4.69, 9.17) is 0 Å². The third-order valence-electron chi connectivity index (χ3n) is 3.35. The standard InChI is InChI=1S/C18H25N3O2/c1-5-11-21(12-6-2)17(22)14-20(4)13-15-7-9-16(10-8-15)18(23)19-3/h5-10H,1-2,11-14H2,3-4H3,(H,19,23). The molecule has 0 bridgehead atoms. The molecule has 0 aliphatic heterocycles. The van der Waals surface area contributed by atoms with E-state index in [0.717, 1.165) is 5.56 Å². The molecule has 0 aliphatic rings. The molecule has 23 heavy (non-hydrogen) atoms. The average molecular weight is 315 g/mol. The maximum atomic E-state index is 12.2. The summed E-state index contributed by atoms with van der Waals surface area (Å²) in [6.45, 7) is 9.31. The Morgan fingerprint density at radius 1 is 1.13 bits per heavy atom. The molecule has 0 radical (unpaired) electrons. The zero-order chi connectivity index (χ0) is 17.2. The van der Waals surface area contributed by atoms with E-state index in [0.29, 0.717) is 31.7 Å². The molecule has 1 N–H and O–H groups in total. The second-order valence-corrected chi connectivity index (χ2v) is 5.32. The Morgan fingerprint density at radius 2 is 1.70 bits per heavy atom. The van der Waals surface area contributed by atoms with Crippen LogP contribution in [0.25, 0.3) is 0 Å². The number of rotatable bonds is 9. The molecule has 0 saturated heterocycles. The summed E-state index contributed by atoms with van der Waals surface area (Å²) in [7, 11) is 3.50. The molecule has 0 fully saturated rings. The van der Waals surface area contributed by atoms with Crippen molar-refractivity contribution in [2.24, 2.45) is 0 Å². The van der Waals surface area contributed by atoms with Gasteiger partial charge in [-0.3, -0.25) is 14.5 Å². The van der Waals surface area contributed by atoms with E-state index in [2.05, 4.69) is 18.5 Å². The first-order chi connectivity index (χ1) is 11.0. The van der Waals surface area contributed by atoms with Crippen molar-refractivity contribution < 1.29 is 9.59 Å². The van der Waals surface area contributed by atoms with Crippen LogP contribution in [-0.2, 0) is 11.3 Å². The molecule has 0 atom stereocenters. The fourth-order valence-electron chi connectivity index (χ4n) is 2.19. The Labute approximate surface area is 138 Å². The van der Waals surface area contributed by atoms with Gasteiger partial charge >= 0.3 is 0 Å². The Morgan fingerprint density at radius 3 is 2.17 bits per heavy atom. The smallest absolute Gasteiger partial charge is 0.251 e. The van der Waals surface area contributed by atoms with E-state index in [-0.39, 0.29) is 11.8 Å². The van der Waals surface area contributed by atoms with Gasteiger partial charge in [0.2, 0.25) is 5.91 Å². The Bertz CT molecular complexity index is 542. The molecule has 0 heterocycles. The van der Waals surface area contributed by atoms with Crippen molar-refractivity contribution in [2.45, 2.75) is 6.54 Å². The van der Waals surface area contributed by atoms with Gasteiger partial charge in [0.1, 0.15) is 0 Å². The summed E-state index contributed by atoms with van der Waals surface area (Å²) in [5.41, 5.74) is 1.67. The molecule has 1 aromatic carbocycles. The van der Waals surface area contributed by atoms with Gasteiger partial charge in [0.25, 0.3) is 5.91 Å². The highest BCUT2D eigenvalue weighted by Crippen LogP contribution is 2.07. The number of carbonyl (C=O) groups excluding carboxylic acids is 2. The Balaban J connectivity index is 2.59. The van der Waals surface area contributed by atoms with Crippen molar-refractivity contribution in [2.75, 3.05) is 33.7 Å². The summed E-state index contributed by atoms with van der Waals surface area (Å²) < 4.78 is 0. The highest BCUT2D eigenvalue weighted by atomic mass is 16.2. The summed E-state index contributed by atoms with van der Waals surface area (Å²) in [4.78, 5) is 27.4. The number of nitrogens with zero attached hydrogens (tertiary/aromatic N) is 2. The Kier molecular flexibility index (Phi) is 7.77. The van der Waals surface area contributed by atoms with Crippen molar-refractivity contribution in [3.05, 3.63) is 60.7 Å². The topological polar surface area (TPSA) is 52.7 Å². The minimum absolute atomic E-state index is 0.0364. The molecule has 0 aliphatic carbocycles. The highest BCUT2D eigenvalue weighted by molar-refractivity contribution is 5.93. The SMILES string of the molecule is C=CCN(CC=C)C(=O)CN(C)Cc1ccc(C(=O)NC)cc1. The van der Waals surface area contributed by atoms with Crippen molar-refractivity contribution in [3.8, 4) is 0 Å². The number of amides is 2. The predicted molar refractivity (Wildman–Crippen MR) is 93.1 cm³/mol. The van der Waals surface area contributed by atoms with Crippen LogP contribution < -0.4 is 5.32 Å². The van der Waals surface area contributed by atoms with E-state index in [1.54, 1.807) is 36.2 Å². The van der Waals surface area contributed by atoms with E-state index < -0.39 is 0 Å². The van der Waals surface area contributed by atoms with Gasteiger partial charge in [-0.25, -0.2) is 0 Å². The molecule has 1 rings (SSSR count). The van der Waals surface area contributed by atoms with E-state index in [1.165, 1.54) is 0 Å². The maximum absolute atomic E-state index is 12.2. The number of hydrogen-bond acceptors (Lipinski definition) is 3. The van der Waals surface area contributed by atoms with Crippen molar-refractivity contribution in [1.82, 2.24) is 15.1 Å². The van der Waals surface area contributed by atoms with Gasteiger partial charge in [-0.1, -0.05) is 24.3 Å². The molecular formula is C18H25N3O2. The van der Waals surface area contributed by atoms with E-state index >= 15 is 0 Å². The highest BCUT2D eigenvalue weighted by Gasteiger charge is 2.13. The molecule has 2 amide bonds. The van der Waals surface area contributed by atoms with Crippen LogP contribution in [-0.4, -0.2) is 55.3 Å². The second-order valence-electron chi connectivity index (χ2n) is 5.32. The summed E-state index contributed by atoms with van der Waals surface area (Å²) >= 11 is 0. The number of nitrogens with one attached hydrogen (secondary N) is 1. The third kappa shape index (κ3) is 6.08. The van der Waals surface area contributed by atoms with Crippen LogP contribution in [0.1, 0.15) is 15.9 Å². The van der Waals surface area contributed by atoms with Crippen molar-refractivity contribution >= 4 is 11.8 Å². The fourth-order valence-corrected chi connectivity index (χ4v) is 2.19. The molecule has 0 unspecified atom stereocenters.